The third-order valence-electron chi connectivity index (χ3n) is 7.39. The van der Waals surface area contributed by atoms with Crippen LogP contribution in [0, 0.1) is 0 Å². The van der Waals surface area contributed by atoms with Crippen LogP contribution in [0.2, 0.25) is 0 Å². The van der Waals surface area contributed by atoms with Crippen LogP contribution in [0.15, 0.2) is 36.8 Å². The lowest BCUT2D eigenvalue weighted by molar-refractivity contribution is -0.136. The summed E-state index contributed by atoms with van der Waals surface area (Å²) in [4.78, 5) is 36.8. The van der Waals surface area contributed by atoms with Gasteiger partial charge in [0.15, 0.2) is 5.65 Å². The number of hydrogen-bond donors (Lipinski definition) is 1. The maximum absolute atomic E-state index is 13.4. The number of nitrogens with zero attached hydrogens (tertiary/aromatic N) is 6. The first-order valence-electron chi connectivity index (χ1n) is 13.1. The van der Waals surface area contributed by atoms with Gasteiger partial charge in [-0.3, -0.25) is 14.5 Å². The van der Waals surface area contributed by atoms with Crippen molar-refractivity contribution in [3.8, 4) is 5.75 Å². The van der Waals surface area contributed by atoms with Crippen molar-refractivity contribution in [3.63, 3.8) is 0 Å². The Morgan fingerprint density at radius 2 is 1.87 bits per heavy atom. The lowest BCUT2D eigenvalue weighted by Crippen LogP contribution is -2.51. The molecule has 3 aliphatic rings. The number of hydrogen-bond acceptors (Lipinski definition) is 8. The van der Waals surface area contributed by atoms with E-state index in [-0.39, 0.29) is 17.4 Å². The number of nitrogens with one attached hydrogen (secondary N) is 1. The minimum absolute atomic E-state index is 0.157. The van der Waals surface area contributed by atoms with Gasteiger partial charge in [0.25, 0.3) is 5.91 Å². The fourth-order valence-electron chi connectivity index (χ4n) is 5.43. The lowest BCUT2D eigenvalue weighted by Gasteiger charge is -2.38. The predicted octanol–water partition coefficient (Wildman–Crippen LogP) is 1.68. The van der Waals surface area contributed by atoms with Crippen LogP contribution in [0.25, 0.3) is 5.65 Å². The first-order chi connectivity index (χ1) is 18.4. The summed E-state index contributed by atoms with van der Waals surface area (Å²) in [5, 5.41) is 7.39. The molecule has 11 nitrogen and oxygen atoms in total. The van der Waals surface area contributed by atoms with E-state index in [1.165, 1.54) is 0 Å². The van der Waals surface area contributed by atoms with Gasteiger partial charge in [0.1, 0.15) is 16.9 Å². The van der Waals surface area contributed by atoms with Crippen LogP contribution >= 0.6 is 0 Å². The van der Waals surface area contributed by atoms with E-state index >= 15 is 0 Å². The average Bonchev–Trinajstić information content (AvgIpc) is 3.48. The summed E-state index contributed by atoms with van der Waals surface area (Å²) in [7, 11) is 0. The molecular weight excluding hydrogens is 486 g/mol. The van der Waals surface area contributed by atoms with Crippen molar-refractivity contribution in [2.45, 2.75) is 25.9 Å². The van der Waals surface area contributed by atoms with Gasteiger partial charge in [0.05, 0.1) is 37.3 Å². The molecule has 0 unspecified atom stereocenters. The molecule has 0 bridgehead atoms. The molecular formula is C27H33N7O4. The number of ether oxygens (including phenoxy) is 2. The zero-order chi connectivity index (χ0) is 26.3. The molecule has 0 aliphatic carbocycles. The molecule has 3 aromatic rings. The van der Waals surface area contributed by atoms with Crippen LogP contribution in [-0.2, 0) is 16.0 Å². The molecule has 6 rings (SSSR count). The zero-order valence-corrected chi connectivity index (χ0v) is 21.9. The molecule has 1 N–H and O–H groups in total. The predicted molar refractivity (Wildman–Crippen MR) is 142 cm³/mol. The van der Waals surface area contributed by atoms with Gasteiger partial charge >= 0.3 is 0 Å². The number of fused-ring (bicyclic) bond motifs is 2. The van der Waals surface area contributed by atoms with E-state index in [9.17, 15) is 9.59 Å². The van der Waals surface area contributed by atoms with Gasteiger partial charge in [-0.25, -0.2) is 9.50 Å². The van der Waals surface area contributed by atoms with Crippen molar-refractivity contribution in [3.05, 3.63) is 47.9 Å². The van der Waals surface area contributed by atoms with Crippen molar-refractivity contribution >= 4 is 28.8 Å². The summed E-state index contributed by atoms with van der Waals surface area (Å²) in [6, 6.07) is 5.85. The molecule has 0 radical (unpaired) electrons. The lowest BCUT2D eigenvalue weighted by atomic mass is 10.0. The van der Waals surface area contributed by atoms with Gasteiger partial charge in [-0.1, -0.05) is 0 Å². The number of benzene rings is 1. The number of carbonyl (C=O) groups is 2. The minimum Gasteiger partial charge on any atom is -0.487 e. The largest absolute Gasteiger partial charge is 0.487 e. The molecule has 2 saturated heterocycles. The molecule has 2 fully saturated rings. The monoisotopic (exact) mass is 519 g/mol. The smallest absolute Gasteiger partial charge is 0.261 e. The summed E-state index contributed by atoms with van der Waals surface area (Å²) in [5.74, 6) is 0.753. The van der Waals surface area contributed by atoms with Gasteiger partial charge in [-0.15, -0.1) is 0 Å². The van der Waals surface area contributed by atoms with E-state index in [0.29, 0.717) is 44.1 Å². The van der Waals surface area contributed by atoms with Crippen LogP contribution in [0.3, 0.4) is 0 Å². The molecule has 0 spiro atoms. The second-order valence-electron chi connectivity index (χ2n) is 10.7. The second-order valence-corrected chi connectivity index (χ2v) is 10.7. The molecule has 3 aliphatic heterocycles. The quantitative estimate of drug-likeness (QED) is 0.543. The molecule has 2 aromatic heterocycles. The Morgan fingerprint density at radius 1 is 1.08 bits per heavy atom. The summed E-state index contributed by atoms with van der Waals surface area (Å²) < 4.78 is 13.2. The Bertz CT molecular complexity index is 1360. The first kappa shape index (κ1) is 24.6. The Labute approximate surface area is 221 Å². The maximum Gasteiger partial charge on any atom is 0.261 e. The SMILES string of the molecule is CC1(C)Cc2cc(NC(=O)c3cnn4cccnc34)c(N3CCN(CC(=O)N4CCOCC4)CC3)cc2O1. The molecule has 0 saturated carbocycles. The molecule has 0 atom stereocenters. The van der Waals surface area contributed by atoms with E-state index in [4.69, 9.17) is 9.47 Å². The number of rotatable bonds is 5. The molecule has 200 valence electrons. The summed E-state index contributed by atoms with van der Waals surface area (Å²) >= 11 is 0. The standard InChI is InChI=1S/C27H33N7O4/c1-27(2)16-19-14-21(30-26(36)20-17-29-34-5-3-4-28-25(20)34)22(15-23(19)38-27)32-8-6-31(7-9-32)18-24(35)33-10-12-37-13-11-33/h3-5,14-15,17H,6-13,16,18H2,1-2H3,(H,30,36). The van der Waals surface area contributed by atoms with E-state index in [1.54, 1.807) is 29.2 Å². The highest BCUT2D eigenvalue weighted by Crippen LogP contribution is 2.42. The van der Waals surface area contributed by atoms with Gasteiger partial charge in [0.2, 0.25) is 5.91 Å². The number of aromatic nitrogens is 3. The molecule has 11 heteroatoms. The van der Waals surface area contributed by atoms with Crippen LogP contribution in [0.4, 0.5) is 11.4 Å². The van der Waals surface area contributed by atoms with Crippen LogP contribution in [0.1, 0.15) is 29.8 Å². The topological polar surface area (TPSA) is 105 Å². The third-order valence-corrected chi connectivity index (χ3v) is 7.39. The number of amides is 2. The van der Waals surface area contributed by atoms with Gasteiger partial charge in [-0.2, -0.15) is 5.10 Å². The molecule has 2 amide bonds. The molecule has 1 aromatic carbocycles. The van der Waals surface area contributed by atoms with Crippen molar-refractivity contribution < 1.29 is 19.1 Å². The first-order valence-corrected chi connectivity index (χ1v) is 13.1. The van der Waals surface area contributed by atoms with Gasteiger partial charge in [-0.05, 0) is 26.0 Å². The van der Waals surface area contributed by atoms with Crippen LogP contribution < -0.4 is 15.0 Å². The normalized spacial score (nSPS) is 19.3. The Hall–Kier alpha value is -3.70. The van der Waals surface area contributed by atoms with E-state index in [0.717, 1.165) is 55.3 Å². The Kier molecular flexibility index (Phi) is 6.40. The molecule has 5 heterocycles. The van der Waals surface area contributed by atoms with E-state index in [1.807, 2.05) is 17.0 Å². The number of anilines is 2. The minimum atomic E-state index is -0.298. The van der Waals surface area contributed by atoms with Gasteiger partial charge < -0.3 is 24.6 Å². The fourth-order valence-corrected chi connectivity index (χ4v) is 5.43. The Balaban J connectivity index is 1.20. The average molecular weight is 520 g/mol. The van der Waals surface area contributed by atoms with Crippen molar-refractivity contribution in [2.24, 2.45) is 0 Å². The number of carbonyl (C=O) groups excluding carboxylic acids is 2. The molecule has 38 heavy (non-hydrogen) atoms. The van der Waals surface area contributed by atoms with Crippen LogP contribution in [0.5, 0.6) is 5.75 Å². The van der Waals surface area contributed by atoms with E-state index in [2.05, 4.69) is 39.0 Å². The highest BCUT2D eigenvalue weighted by molar-refractivity contribution is 6.09. The highest BCUT2D eigenvalue weighted by Gasteiger charge is 2.33. The van der Waals surface area contributed by atoms with Crippen molar-refractivity contribution in [1.29, 1.82) is 0 Å². The third kappa shape index (κ3) is 4.91. The fraction of sp³-hybridized carbons (Fsp3) is 0.481. The Morgan fingerprint density at radius 3 is 2.66 bits per heavy atom. The maximum atomic E-state index is 13.4. The summed E-state index contributed by atoms with van der Waals surface area (Å²) in [5.41, 5.74) is 3.35. The number of piperazine rings is 1. The number of morpholine rings is 1. The zero-order valence-electron chi connectivity index (χ0n) is 21.9. The van der Waals surface area contributed by atoms with Gasteiger partial charge in [0, 0.05) is 69.7 Å². The summed E-state index contributed by atoms with van der Waals surface area (Å²) in [6.45, 7) is 10.1. The van der Waals surface area contributed by atoms with E-state index < -0.39 is 0 Å². The van der Waals surface area contributed by atoms with Crippen molar-refractivity contribution in [1.82, 2.24) is 24.4 Å². The second kappa shape index (κ2) is 9.88. The van der Waals surface area contributed by atoms with Crippen LogP contribution in [-0.4, -0.2) is 101 Å². The highest BCUT2D eigenvalue weighted by atomic mass is 16.5. The van der Waals surface area contributed by atoms with Crippen molar-refractivity contribution in [2.75, 3.05) is 69.2 Å². The summed E-state index contributed by atoms with van der Waals surface area (Å²) in [6.07, 6.45) is 5.72.